The molecule has 0 spiro atoms. The Morgan fingerprint density at radius 3 is 2.43 bits per heavy atom. The Kier molecular flexibility index (Phi) is 6.66. The van der Waals surface area contributed by atoms with Crippen LogP contribution in [0.3, 0.4) is 0 Å². The Bertz CT molecular complexity index is 866. The highest BCUT2D eigenvalue weighted by Gasteiger charge is 2.30. The topological polar surface area (TPSA) is 67.4 Å². The molecule has 2 aromatic carbocycles. The number of nitrogens with one attached hydrogen (secondary N) is 2. The molecule has 28 heavy (non-hydrogen) atoms. The van der Waals surface area contributed by atoms with Crippen LogP contribution in [0.2, 0.25) is 0 Å². The van der Waals surface area contributed by atoms with Gasteiger partial charge in [0.2, 0.25) is 5.91 Å². The Labute approximate surface area is 160 Å². The molecule has 1 atom stereocenters. The number of alkyl halides is 3. The van der Waals surface area contributed by atoms with Gasteiger partial charge in [0.25, 0.3) is 5.91 Å². The normalized spacial score (nSPS) is 12.2. The second-order valence-electron chi connectivity index (χ2n) is 6.37. The van der Waals surface area contributed by atoms with Gasteiger partial charge in [0.1, 0.15) is 5.75 Å². The van der Waals surface area contributed by atoms with E-state index in [0.29, 0.717) is 5.75 Å². The Hall–Kier alpha value is -3.03. The molecular weight excluding hydrogens is 373 g/mol. The highest BCUT2D eigenvalue weighted by molar-refractivity contribution is 5.85. The number of amides is 2. The first-order chi connectivity index (χ1) is 13.1. The molecule has 0 saturated carbocycles. The summed E-state index contributed by atoms with van der Waals surface area (Å²) < 4.78 is 43.7. The molecule has 1 unspecified atom stereocenters. The van der Waals surface area contributed by atoms with Crippen molar-refractivity contribution in [2.45, 2.75) is 39.5 Å². The molecule has 8 heteroatoms. The number of ether oxygens (including phenoxy) is 1. The number of rotatable bonds is 5. The lowest BCUT2D eigenvalue weighted by molar-refractivity contribution is -0.137. The summed E-state index contributed by atoms with van der Waals surface area (Å²) in [6, 6.07) is 9.91. The molecule has 150 valence electrons. The standard InChI is InChI=1S/C20H21F3N2O3/c1-12-6-4-9-17(13(12)2)28-14(3)19(27)25-24-18(26)11-15-7-5-8-16(10-15)20(21,22)23/h4-10,14H,11H2,1-3H3,(H,24,26)(H,25,27). The average molecular weight is 394 g/mol. The van der Waals surface area contributed by atoms with Gasteiger partial charge in [-0.15, -0.1) is 0 Å². The number of hydrogen-bond donors (Lipinski definition) is 2. The molecule has 0 fully saturated rings. The molecule has 0 bridgehead atoms. The molecule has 0 radical (unpaired) electrons. The minimum Gasteiger partial charge on any atom is -0.481 e. The molecule has 0 aliphatic heterocycles. The zero-order chi connectivity index (χ0) is 20.9. The Morgan fingerprint density at radius 1 is 1.07 bits per heavy atom. The maximum absolute atomic E-state index is 12.7. The third-order valence-corrected chi connectivity index (χ3v) is 4.17. The molecule has 0 aromatic heterocycles. The monoisotopic (exact) mass is 394 g/mol. The predicted molar refractivity (Wildman–Crippen MR) is 97.4 cm³/mol. The minimum absolute atomic E-state index is 0.182. The van der Waals surface area contributed by atoms with Crippen LogP contribution in [0.5, 0.6) is 5.75 Å². The van der Waals surface area contributed by atoms with E-state index < -0.39 is 29.7 Å². The van der Waals surface area contributed by atoms with Crippen molar-refractivity contribution in [3.63, 3.8) is 0 Å². The third kappa shape index (κ3) is 5.73. The molecule has 5 nitrogen and oxygen atoms in total. The fourth-order valence-corrected chi connectivity index (χ4v) is 2.42. The zero-order valence-corrected chi connectivity index (χ0v) is 15.7. The lowest BCUT2D eigenvalue weighted by atomic mass is 10.1. The number of benzene rings is 2. The molecule has 2 aromatic rings. The van der Waals surface area contributed by atoms with Gasteiger partial charge >= 0.3 is 6.18 Å². The number of hydrogen-bond acceptors (Lipinski definition) is 3. The summed E-state index contributed by atoms with van der Waals surface area (Å²) in [4.78, 5) is 24.0. The first-order valence-corrected chi connectivity index (χ1v) is 8.55. The third-order valence-electron chi connectivity index (χ3n) is 4.17. The van der Waals surface area contributed by atoms with Crippen molar-refractivity contribution < 1.29 is 27.5 Å². The van der Waals surface area contributed by atoms with Crippen LogP contribution in [0.25, 0.3) is 0 Å². The van der Waals surface area contributed by atoms with E-state index in [1.54, 1.807) is 12.1 Å². The summed E-state index contributed by atoms with van der Waals surface area (Å²) >= 11 is 0. The summed E-state index contributed by atoms with van der Waals surface area (Å²) in [5.74, 6) is -0.678. The summed E-state index contributed by atoms with van der Waals surface area (Å²) in [6.45, 7) is 5.31. The van der Waals surface area contributed by atoms with Crippen LogP contribution in [-0.4, -0.2) is 17.9 Å². The van der Waals surface area contributed by atoms with Crippen LogP contribution in [-0.2, 0) is 22.2 Å². The number of carbonyl (C=O) groups is 2. The molecule has 2 N–H and O–H groups in total. The molecule has 0 aliphatic carbocycles. The fourth-order valence-electron chi connectivity index (χ4n) is 2.42. The highest BCUT2D eigenvalue weighted by atomic mass is 19.4. The minimum atomic E-state index is -4.48. The van der Waals surface area contributed by atoms with E-state index in [2.05, 4.69) is 10.9 Å². The van der Waals surface area contributed by atoms with Crippen LogP contribution in [0.1, 0.15) is 29.2 Å². The van der Waals surface area contributed by atoms with Crippen LogP contribution in [0, 0.1) is 13.8 Å². The average Bonchev–Trinajstić information content (AvgIpc) is 2.63. The van der Waals surface area contributed by atoms with Crippen molar-refractivity contribution in [1.82, 2.24) is 10.9 Å². The van der Waals surface area contributed by atoms with E-state index >= 15 is 0 Å². The van der Waals surface area contributed by atoms with E-state index in [-0.39, 0.29) is 12.0 Å². The van der Waals surface area contributed by atoms with Gasteiger partial charge in [0.05, 0.1) is 12.0 Å². The fraction of sp³-hybridized carbons (Fsp3) is 0.300. The largest absolute Gasteiger partial charge is 0.481 e. The summed E-state index contributed by atoms with van der Waals surface area (Å²) in [5.41, 5.74) is 5.66. The second-order valence-corrected chi connectivity index (χ2v) is 6.37. The number of aryl methyl sites for hydroxylation is 1. The highest BCUT2D eigenvalue weighted by Crippen LogP contribution is 2.29. The number of halogens is 3. The SMILES string of the molecule is Cc1cccc(OC(C)C(=O)NNC(=O)Cc2cccc(C(F)(F)F)c2)c1C. The summed E-state index contributed by atoms with van der Waals surface area (Å²) in [7, 11) is 0. The zero-order valence-electron chi connectivity index (χ0n) is 15.7. The maximum Gasteiger partial charge on any atom is 0.416 e. The predicted octanol–water partition coefficient (Wildman–Crippen LogP) is 3.48. The number of carbonyl (C=O) groups excluding carboxylic acids is 2. The van der Waals surface area contributed by atoms with Crippen LogP contribution >= 0.6 is 0 Å². The van der Waals surface area contributed by atoms with Crippen molar-refractivity contribution in [3.05, 3.63) is 64.7 Å². The van der Waals surface area contributed by atoms with Crippen molar-refractivity contribution >= 4 is 11.8 Å². The van der Waals surface area contributed by atoms with E-state index in [0.717, 1.165) is 23.3 Å². The quantitative estimate of drug-likeness (QED) is 0.763. The van der Waals surface area contributed by atoms with Crippen LogP contribution < -0.4 is 15.6 Å². The van der Waals surface area contributed by atoms with Crippen molar-refractivity contribution in [1.29, 1.82) is 0 Å². The van der Waals surface area contributed by atoms with Gasteiger partial charge in [0, 0.05) is 0 Å². The smallest absolute Gasteiger partial charge is 0.416 e. The number of hydrazine groups is 1. The van der Waals surface area contributed by atoms with E-state index in [9.17, 15) is 22.8 Å². The second kappa shape index (κ2) is 8.77. The van der Waals surface area contributed by atoms with Gasteiger partial charge in [-0.3, -0.25) is 20.4 Å². The van der Waals surface area contributed by atoms with Crippen molar-refractivity contribution in [3.8, 4) is 5.75 Å². The summed E-state index contributed by atoms with van der Waals surface area (Å²) in [6.07, 6.45) is -5.67. The molecule has 2 rings (SSSR count). The molecular formula is C20H21F3N2O3. The summed E-state index contributed by atoms with van der Waals surface area (Å²) in [5, 5.41) is 0. The van der Waals surface area contributed by atoms with Gasteiger partial charge in [-0.05, 0) is 49.6 Å². The van der Waals surface area contributed by atoms with Gasteiger partial charge in [-0.25, -0.2) is 0 Å². The molecule has 0 heterocycles. The lowest BCUT2D eigenvalue weighted by Gasteiger charge is -2.17. The van der Waals surface area contributed by atoms with Crippen molar-refractivity contribution in [2.24, 2.45) is 0 Å². The first kappa shape index (κ1) is 21.3. The maximum atomic E-state index is 12.7. The van der Waals surface area contributed by atoms with Gasteiger partial charge in [-0.1, -0.05) is 30.3 Å². The van der Waals surface area contributed by atoms with Crippen LogP contribution in [0.15, 0.2) is 42.5 Å². The van der Waals surface area contributed by atoms with E-state index in [4.69, 9.17) is 4.74 Å². The van der Waals surface area contributed by atoms with Gasteiger partial charge in [0.15, 0.2) is 6.10 Å². The van der Waals surface area contributed by atoms with E-state index in [1.165, 1.54) is 19.1 Å². The molecule has 0 aliphatic rings. The van der Waals surface area contributed by atoms with E-state index in [1.807, 2.05) is 19.9 Å². The molecule has 2 amide bonds. The lowest BCUT2D eigenvalue weighted by Crippen LogP contribution is -2.47. The first-order valence-electron chi connectivity index (χ1n) is 8.55. The molecule has 0 saturated heterocycles. The van der Waals surface area contributed by atoms with Gasteiger partial charge < -0.3 is 4.74 Å². The Balaban J connectivity index is 1.88. The van der Waals surface area contributed by atoms with Crippen LogP contribution in [0.4, 0.5) is 13.2 Å². The van der Waals surface area contributed by atoms with Gasteiger partial charge in [-0.2, -0.15) is 13.2 Å². The Morgan fingerprint density at radius 2 is 1.75 bits per heavy atom. The van der Waals surface area contributed by atoms with Crippen molar-refractivity contribution in [2.75, 3.05) is 0 Å².